The van der Waals surface area contributed by atoms with Crippen molar-refractivity contribution >= 4 is 14.2 Å². The van der Waals surface area contributed by atoms with Gasteiger partial charge in [-0.2, -0.15) is 5.10 Å². The molecule has 1 amide bonds. The Hall–Kier alpha value is -3.95. The molecular weight excluding hydrogens is 568 g/mol. The zero-order valence-electron chi connectivity index (χ0n) is 26.7. The number of aromatic nitrogens is 3. The van der Waals surface area contributed by atoms with Gasteiger partial charge in [-0.25, -0.2) is 0 Å². The van der Waals surface area contributed by atoms with Crippen LogP contribution in [0.3, 0.4) is 0 Å². The van der Waals surface area contributed by atoms with E-state index in [1.807, 2.05) is 49.5 Å². The van der Waals surface area contributed by atoms with Crippen molar-refractivity contribution in [3.63, 3.8) is 0 Å². The number of benzene rings is 2. The van der Waals surface area contributed by atoms with Gasteiger partial charge in [0.05, 0.1) is 13.2 Å². The number of carbonyl (C=O) groups excluding carboxylic acids is 1. The van der Waals surface area contributed by atoms with Gasteiger partial charge in [-0.1, -0.05) is 52.0 Å². The Morgan fingerprint density at radius 3 is 2.43 bits per heavy atom. The maximum absolute atomic E-state index is 12.9. The van der Waals surface area contributed by atoms with E-state index in [1.54, 1.807) is 17.1 Å². The van der Waals surface area contributed by atoms with Gasteiger partial charge in [0.15, 0.2) is 8.32 Å². The Bertz CT molecular complexity index is 1590. The van der Waals surface area contributed by atoms with Crippen LogP contribution in [-0.4, -0.2) is 46.9 Å². The molecule has 2 aromatic heterocycles. The summed E-state index contributed by atoms with van der Waals surface area (Å²) in [4.78, 5) is 27.6. The molecule has 9 heteroatoms. The maximum Gasteiger partial charge on any atom is 0.270 e. The van der Waals surface area contributed by atoms with Crippen LogP contribution in [0.15, 0.2) is 67.0 Å². The van der Waals surface area contributed by atoms with Gasteiger partial charge < -0.3 is 19.6 Å². The second-order valence-corrected chi connectivity index (χ2v) is 17.5. The number of nitrogens with zero attached hydrogens (tertiary/aromatic N) is 3. The zero-order valence-corrected chi connectivity index (χ0v) is 27.7. The van der Waals surface area contributed by atoms with Gasteiger partial charge in [-0.15, -0.1) is 0 Å². The topological polar surface area (TPSA) is 98.5 Å². The average Bonchev–Trinajstić information content (AvgIpc) is 3.39. The molecule has 5 rings (SSSR count). The van der Waals surface area contributed by atoms with Gasteiger partial charge >= 0.3 is 0 Å². The summed E-state index contributed by atoms with van der Waals surface area (Å²) in [5.41, 5.74) is 6.15. The molecule has 0 fully saturated rings. The smallest absolute Gasteiger partial charge is 0.270 e. The van der Waals surface area contributed by atoms with Crippen molar-refractivity contribution in [3.05, 3.63) is 83.8 Å². The monoisotopic (exact) mass is 612 g/mol. The first-order valence-electron chi connectivity index (χ1n) is 15.5. The molecule has 44 heavy (non-hydrogen) atoms. The summed E-state index contributed by atoms with van der Waals surface area (Å²) in [6.07, 6.45) is 5.28. The van der Waals surface area contributed by atoms with Crippen molar-refractivity contribution in [1.82, 2.24) is 20.1 Å². The minimum atomic E-state index is -2.24. The fourth-order valence-corrected chi connectivity index (χ4v) is 6.14. The predicted molar refractivity (Wildman–Crippen MR) is 177 cm³/mol. The Balaban J connectivity index is 1.29. The lowest BCUT2D eigenvalue weighted by molar-refractivity contribution is 0.0925. The van der Waals surface area contributed by atoms with E-state index < -0.39 is 8.32 Å². The quantitative estimate of drug-likeness (QED) is 0.130. The van der Waals surface area contributed by atoms with Crippen LogP contribution in [0, 0.1) is 0 Å². The number of carbonyl (C=O) groups is 1. The number of rotatable bonds is 12. The van der Waals surface area contributed by atoms with Crippen molar-refractivity contribution < 1.29 is 19.1 Å². The number of ether oxygens (including phenoxy) is 2. The van der Waals surface area contributed by atoms with Crippen LogP contribution in [-0.2, 0) is 13.2 Å². The third-order valence-electron chi connectivity index (χ3n) is 8.84. The first-order valence-corrected chi connectivity index (χ1v) is 18.4. The lowest BCUT2D eigenvalue weighted by Crippen LogP contribution is -2.39. The van der Waals surface area contributed by atoms with Crippen LogP contribution >= 0.6 is 0 Å². The zero-order chi connectivity index (χ0) is 31.5. The van der Waals surface area contributed by atoms with Crippen LogP contribution < -0.4 is 14.8 Å². The number of nitrogens with one attached hydrogen (secondary N) is 1. The first kappa shape index (κ1) is 31.5. The molecule has 3 heterocycles. The molecule has 8 nitrogen and oxygen atoms in total. The van der Waals surface area contributed by atoms with Gasteiger partial charge in [-0.05, 0) is 83.9 Å². The third-order valence-corrected chi connectivity index (χ3v) is 12.4. The molecule has 0 bridgehead atoms. The Morgan fingerprint density at radius 1 is 1.02 bits per heavy atom. The molecule has 1 aliphatic rings. The number of hydrogen-bond donors (Lipinski definition) is 2. The first-order chi connectivity index (χ1) is 20.9. The Morgan fingerprint density at radius 2 is 1.75 bits per heavy atom. The van der Waals surface area contributed by atoms with Gasteiger partial charge in [0, 0.05) is 30.1 Å². The van der Waals surface area contributed by atoms with Crippen molar-refractivity contribution in [1.29, 1.82) is 0 Å². The van der Waals surface area contributed by atoms with Crippen molar-refractivity contribution in [3.8, 4) is 33.9 Å². The third kappa shape index (κ3) is 6.89. The molecule has 4 aromatic rings. The standard InChI is InChI=1S/C35H44N4O4Si/c1-24(2)29-13-8-25(22-30(29)42-21-7-16-35(3,4)44(5,6)41)23-43-28-11-9-26(10-12-28)31-32(27-14-17-36-18-15-27)38-39-20-19-37-34(40)33(31)39/h8-15,17-18,22,24,41H,7,16,19-21,23H2,1-6H3,(H,37,40). The SMILES string of the molecule is CC(C)c1ccc(COc2ccc(-c3c(-c4ccncc4)nn4c3C(=O)NCC4)cc2)cc1OCCCC(C)(C)[Si](C)(C)O. The Kier molecular flexibility index (Phi) is 9.27. The van der Waals surface area contributed by atoms with Crippen LogP contribution in [0.2, 0.25) is 18.1 Å². The highest BCUT2D eigenvalue weighted by molar-refractivity contribution is 6.72. The van der Waals surface area contributed by atoms with Crippen molar-refractivity contribution in [2.75, 3.05) is 13.2 Å². The molecule has 0 atom stereocenters. The second kappa shape index (κ2) is 13.0. The minimum Gasteiger partial charge on any atom is -0.493 e. The summed E-state index contributed by atoms with van der Waals surface area (Å²) in [5.74, 6) is 1.84. The fourth-order valence-electron chi connectivity index (χ4n) is 5.36. The van der Waals surface area contributed by atoms with Crippen LogP contribution in [0.25, 0.3) is 22.4 Å². The molecule has 0 saturated carbocycles. The van der Waals surface area contributed by atoms with E-state index in [0.29, 0.717) is 37.9 Å². The van der Waals surface area contributed by atoms with E-state index in [0.717, 1.165) is 52.3 Å². The predicted octanol–water partition coefficient (Wildman–Crippen LogP) is 7.19. The van der Waals surface area contributed by atoms with Crippen LogP contribution in [0.5, 0.6) is 11.5 Å². The molecule has 0 saturated heterocycles. The largest absolute Gasteiger partial charge is 0.493 e. The van der Waals surface area contributed by atoms with E-state index >= 15 is 0 Å². The number of amides is 1. The maximum atomic E-state index is 12.9. The van der Waals surface area contributed by atoms with Gasteiger partial charge in [0.1, 0.15) is 29.5 Å². The summed E-state index contributed by atoms with van der Waals surface area (Å²) >= 11 is 0. The average molecular weight is 613 g/mol. The molecule has 2 N–H and O–H groups in total. The molecule has 0 spiro atoms. The highest BCUT2D eigenvalue weighted by Gasteiger charge is 2.37. The van der Waals surface area contributed by atoms with Crippen LogP contribution in [0.1, 0.15) is 68.1 Å². The number of hydrogen-bond acceptors (Lipinski definition) is 6. The van der Waals surface area contributed by atoms with Crippen molar-refractivity contribution in [2.45, 2.75) is 77.7 Å². The lowest BCUT2D eigenvalue weighted by Gasteiger charge is -2.35. The van der Waals surface area contributed by atoms with Gasteiger partial charge in [0.25, 0.3) is 5.91 Å². The summed E-state index contributed by atoms with van der Waals surface area (Å²) in [6, 6.07) is 18.0. The summed E-state index contributed by atoms with van der Waals surface area (Å²) in [6.45, 7) is 14.9. The molecule has 0 aliphatic carbocycles. The van der Waals surface area contributed by atoms with E-state index in [2.05, 4.69) is 56.2 Å². The highest BCUT2D eigenvalue weighted by atomic mass is 28.4. The number of pyridine rings is 1. The molecular formula is C35H44N4O4Si. The molecule has 1 aliphatic heterocycles. The Labute approximate surface area is 261 Å². The van der Waals surface area contributed by atoms with Crippen molar-refractivity contribution in [2.24, 2.45) is 0 Å². The van der Waals surface area contributed by atoms with Crippen LogP contribution in [0.4, 0.5) is 0 Å². The summed E-state index contributed by atoms with van der Waals surface area (Å²) in [5, 5.41) is 7.69. The van der Waals surface area contributed by atoms with E-state index in [-0.39, 0.29) is 10.9 Å². The van der Waals surface area contributed by atoms with Gasteiger partial charge in [-0.3, -0.25) is 14.5 Å². The molecule has 0 unspecified atom stereocenters. The fraction of sp³-hybridized carbons (Fsp3) is 0.400. The summed E-state index contributed by atoms with van der Waals surface area (Å²) in [7, 11) is -2.24. The molecule has 2 aromatic carbocycles. The van der Waals surface area contributed by atoms with E-state index in [9.17, 15) is 9.59 Å². The van der Waals surface area contributed by atoms with E-state index in [1.165, 1.54) is 5.56 Å². The highest BCUT2D eigenvalue weighted by Crippen LogP contribution is 2.40. The summed E-state index contributed by atoms with van der Waals surface area (Å²) < 4.78 is 14.3. The van der Waals surface area contributed by atoms with Gasteiger partial charge in [0.2, 0.25) is 0 Å². The number of fused-ring (bicyclic) bond motifs is 1. The second-order valence-electron chi connectivity index (χ2n) is 13.0. The lowest BCUT2D eigenvalue weighted by atomic mass is 9.98. The molecule has 232 valence electrons. The molecule has 0 radical (unpaired) electrons. The van der Waals surface area contributed by atoms with E-state index in [4.69, 9.17) is 14.6 Å². The minimum absolute atomic E-state index is 0.0625. The normalized spacial score (nSPS) is 13.5.